The van der Waals surface area contributed by atoms with Gasteiger partial charge in [0, 0.05) is 42.9 Å². The lowest BCUT2D eigenvalue weighted by molar-refractivity contribution is 0.0705. The highest BCUT2D eigenvalue weighted by atomic mass is 16.2. The first-order valence-corrected chi connectivity index (χ1v) is 12.4. The average Bonchev–Trinajstić information content (AvgIpc) is 3.16. The van der Waals surface area contributed by atoms with Crippen LogP contribution in [0, 0.1) is 0 Å². The highest BCUT2D eigenvalue weighted by molar-refractivity contribution is 6.07. The number of pyridine rings is 1. The summed E-state index contributed by atoms with van der Waals surface area (Å²) in [5.41, 5.74) is 3.43. The van der Waals surface area contributed by atoms with Crippen LogP contribution in [0.1, 0.15) is 60.0 Å². The Bertz CT molecular complexity index is 1330. The molecule has 34 heavy (non-hydrogen) atoms. The van der Waals surface area contributed by atoms with E-state index < -0.39 is 0 Å². The summed E-state index contributed by atoms with van der Waals surface area (Å²) in [7, 11) is 0. The SMILES string of the molecule is O=C(c1cc(-c2ccccc2)nc2ccccc12)N1CCCC(c2nnc3n2CCCCC3)C1. The van der Waals surface area contributed by atoms with Gasteiger partial charge < -0.3 is 9.47 Å². The molecule has 0 saturated carbocycles. The van der Waals surface area contributed by atoms with Gasteiger partial charge in [-0.1, -0.05) is 55.0 Å². The van der Waals surface area contributed by atoms with Crippen molar-refractivity contribution in [1.82, 2.24) is 24.6 Å². The maximum Gasteiger partial charge on any atom is 0.254 e. The third-order valence-electron chi connectivity index (χ3n) is 7.23. The van der Waals surface area contributed by atoms with Crippen molar-refractivity contribution in [2.75, 3.05) is 13.1 Å². The molecule has 0 aliphatic carbocycles. The number of aromatic nitrogens is 4. The summed E-state index contributed by atoms with van der Waals surface area (Å²) in [6, 6.07) is 20.0. The summed E-state index contributed by atoms with van der Waals surface area (Å²) in [5.74, 6) is 2.50. The number of rotatable bonds is 3. The van der Waals surface area contributed by atoms with Crippen molar-refractivity contribution in [1.29, 1.82) is 0 Å². The molecule has 0 radical (unpaired) electrons. The summed E-state index contributed by atoms with van der Waals surface area (Å²) >= 11 is 0. The number of piperidine rings is 1. The Morgan fingerprint density at radius 3 is 2.65 bits per heavy atom. The second-order valence-electron chi connectivity index (χ2n) is 9.47. The van der Waals surface area contributed by atoms with Crippen molar-refractivity contribution < 1.29 is 4.79 Å². The Labute approximate surface area is 199 Å². The molecule has 0 N–H and O–H groups in total. The maximum absolute atomic E-state index is 13.9. The zero-order chi connectivity index (χ0) is 22.9. The smallest absolute Gasteiger partial charge is 0.254 e. The van der Waals surface area contributed by atoms with Crippen LogP contribution in [0.25, 0.3) is 22.2 Å². The summed E-state index contributed by atoms with van der Waals surface area (Å²) in [4.78, 5) is 20.8. The number of fused-ring (bicyclic) bond motifs is 2. The fraction of sp³-hybridized carbons (Fsp3) is 0.357. The van der Waals surface area contributed by atoms with E-state index >= 15 is 0 Å². The maximum atomic E-state index is 13.9. The first-order chi connectivity index (χ1) is 16.8. The predicted molar refractivity (Wildman–Crippen MR) is 133 cm³/mol. The van der Waals surface area contributed by atoms with E-state index in [1.54, 1.807) is 0 Å². The number of hydrogen-bond acceptors (Lipinski definition) is 4. The Hall–Kier alpha value is -3.54. The van der Waals surface area contributed by atoms with Crippen molar-refractivity contribution in [3.63, 3.8) is 0 Å². The minimum atomic E-state index is 0.0797. The summed E-state index contributed by atoms with van der Waals surface area (Å²) in [5, 5.41) is 10.0. The van der Waals surface area contributed by atoms with E-state index in [4.69, 9.17) is 4.98 Å². The monoisotopic (exact) mass is 451 g/mol. The van der Waals surface area contributed by atoms with Gasteiger partial charge in [0.05, 0.1) is 16.8 Å². The van der Waals surface area contributed by atoms with Crippen LogP contribution >= 0.6 is 0 Å². The number of para-hydroxylation sites is 1. The van der Waals surface area contributed by atoms with Gasteiger partial charge in [-0.15, -0.1) is 10.2 Å². The van der Waals surface area contributed by atoms with Gasteiger partial charge >= 0.3 is 0 Å². The zero-order valence-corrected chi connectivity index (χ0v) is 19.4. The molecule has 6 rings (SSSR count). The van der Waals surface area contributed by atoms with Crippen LogP contribution in [-0.2, 0) is 13.0 Å². The Morgan fingerprint density at radius 1 is 0.882 bits per heavy atom. The molecule has 6 heteroatoms. The van der Waals surface area contributed by atoms with E-state index in [0.717, 1.165) is 71.7 Å². The lowest BCUT2D eigenvalue weighted by atomic mass is 9.95. The summed E-state index contributed by atoms with van der Waals surface area (Å²) in [6.07, 6.45) is 6.65. The van der Waals surface area contributed by atoms with Crippen molar-refractivity contribution in [3.8, 4) is 11.3 Å². The molecule has 2 aliphatic heterocycles. The minimum absolute atomic E-state index is 0.0797. The Morgan fingerprint density at radius 2 is 1.74 bits per heavy atom. The summed E-state index contributed by atoms with van der Waals surface area (Å²) in [6.45, 7) is 2.46. The molecule has 4 aromatic rings. The first-order valence-electron chi connectivity index (χ1n) is 12.4. The standard InChI is InChI=1S/C28H29N5O/c34-28(23-18-25(20-10-3-1-4-11-20)29-24-14-7-6-13-22(23)24)32-16-9-12-21(19-32)27-31-30-26-15-5-2-8-17-33(26)27/h1,3-4,6-7,10-11,13-14,18,21H,2,5,8-9,12,15-17,19H2. The molecule has 172 valence electrons. The number of carbonyl (C=O) groups is 1. The first kappa shape index (κ1) is 21.0. The Kier molecular flexibility index (Phi) is 5.57. The highest BCUT2D eigenvalue weighted by Crippen LogP contribution is 2.31. The van der Waals surface area contributed by atoms with E-state index in [1.807, 2.05) is 65.6 Å². The van der Waals surface area contributed by atoms with Gasteiger partial charge in [0.15, 0.2) is 0 Å². The lowest BCUT2D eigenvalue weighted by Crippen LogP contribution is -2.40. The quantitative estimate of drug-likeness (QED) is 0.427. The molecule has 1 amide bonds. The van der Waals surface area contributed by atoms with Crippen LogP contribution < -0.4 is 0 Å². The second kappa shape index (κ2) is 9.01. The second-order valence-corrected chi connectivity index (χ2v) is 9.47. The largest absolute Gasteiger partial charge is 0.338 e. The van der Waals surface area contributed by atoms with E-state index in [-0.39, 0.29) is 11.8 Å². The van der Waals surface area contributed by atoms with Gasteiger partial charge in [0.25, 0.3) is 5.91 Å². The van der Waals surface area contributed by atoms with Gasteiger partial charge in [-0.2, -0.15) is 0 Å². The number of aryl methyl sites for hydroxylation is 1. The van der Waals surface area contributed by atoms with Crippen LogP contribution in [-0.4, -0.2) is 43.6 Å². The number of nitrogens with zero attached hydrogens (tertiary/aromatic N) is 5. The zero-order valence-electron chi connectivity index (χ0n) is 19.4. The van der Waals surface area contributed by atoms with Crippen LogP contribution in [0.5, 0.6) is 0 Å². The van der Waals surface area contributed by atoms with Gasteiger partial charge in [0.2, 0.25) is 0 Å². The van der Waals surface area contributed by atoms with Gasteiger partial charge in [-0.3, -0.25) is 4.79 Å². The van der Waals surface area contributed by atoms with Crippen molar-refractivity contribution in [2.24, 2.45) is 0 Å². The van der Waals surface area contributed by atoms with Gasteiger partial charge in [0.1, 0.15) is 11.6 Å². The molecule has 4 heterocycles. The fourth-order valence-electron chi connectivity index (χ4n) is 5.46. The molecule has 1 saturated heterocycles. The Balaban J connectivity index is 1.34. The van der Waals surface area contributed by atoms with Crippen LogP contribution in [0.4, 0.5) is 0 Å². The molecule has 1 fully saturated rings. The third kappa shape index (κ3) is 3.87. The van der Waals surface area contributed by atoms with Crippen LogP contribution in [0.3, 0.4) is 0 Å². The highest BCUT2D eigenvalue weighted by Gasteiger charge is 2.30. The predicted octanol–water partition coefficient (Wildman–Crippen LogP) is 5.24. The fourth-order valence-corrected chi connectivity index (χ4v) is 5.46. The topological polar surface area (TPSA) is 63.9 Å². The van der Waals surface area contributed by atoms with Gasteiger partial charge in [-0.05, 0) is 37.8 Å². The average molecular weight is 452 g/mol. The third-order valence-corrected chi connectivity index (χ3v) is 7.23. The van der Waals surface area contributed by atoms with Crippen molar-refractivity contribution in [2.45, 2.75) is 51.0 Å². The molecule has 2 aliphatic rings. The molecule has 0 spiro atoms. The summed E-state index contributed by atoms with van der Waals surface area (Å²) < 4.78 is 2.33. The normalized spacial score (nSPS) is 18.5. The molecule has 1 atom stereocenters. The van der Waals surface area contributed by atoms with Crippen molar-refractivity contribution >= 4 is 16.8 Å². The van der Waals surface area contributed by atoms with E-state index in [0.29, 0.717) is 6.54 Å². The molecule has 0 bridgehead atoms. The van der Waals surface area contributed by atoms with Crippen LogP contribution in [0.2, 0.25) is 0 Å². The van der Waals surface area contributed by atoms with Crippen LogP contribution in [0.15, 0.2) is 60.7 Å². The molecule has 1 unspecified atom stereocenters. The van der Waals surface area contributed by atoms with Gasteiger partial charge in [-0.25, -0.2) is 4.98 Å². The lowest BCUT2D eigenvalue weighted by Gasteiger charge is -2.33. The molecule has 2 aromatic carbocycles. The molecule has 2 aromatic heterocycles. The van der Waals surface area contributed by atoms with E-state index in [9.17, 15) is 4.79 Å². The molecule has 6 nitrogen and oxygen atoms in total. The number of amides is 1. The minimum Gasteiger partial charge on any atom is -0.338 e. The van der Waals surface area contributed by atoms with E-state index in [1.165, 1.54) is 19.3 Å². The molecular formula is C28H29N5O. The number of carbonyl (C=O) groups excluding carboxylic acids is 1. The number of hydrogen-bond donors (Lipinski definition) is 0. The van der Waals surface area contributed by atoms with Crippen molar-refractivity contribution in [3.05, 3.63) is 77.9 Å². The number of likely N-dealkylation sites (tertiary alicyclic amines) is 1. The number of benzene rings is 2. The van der Waals surface area contributed by atoms with E-state index in [2.05, 4.69) is 14.8 Å². The molecular weight excluding hydrogens is 422 g/mol.